The minimum absolute atomic E-state index is 0.0389. The maximum Gasteiger partial charge on any atom is 0.201 e. The molecule has 1 aliphatic rings. The Bertz CT molecular complexity index is 863. The molecule has 1 fully saturated rings. The van der Waals surface area contributed by atoms with Gasteiger partial charge in [0.05, 0.1) is 18.0 Å². The Balaban J connectivity index is 1.45. The van der Waals surface area contributed by atoms with Crippen LogP contribution in [0.1, 0.15) is 109 Å². The lowest BCUT2D eigenvalue weighted by molar-refractivity contribution is 0.248. The van der Waals surface area contributed by atoms with Gasteiger partial charge >= 0.3 is 0 Å². The van der Waals surface area contributed by atoms with E-state index in [1.165, 1.54) is 69.9 Å². The average molecular weight is 487 g/mol. The number of aromatic nitrogens is 2. The minimum atomic E-state index is -0.954. The van der Waals surface area contributed by atoms with Gasteiger partial charge < -0.3 is 4.74 Å². The van der Waals surface area contributed by atoms with E-state index in [-0.39, 0.29) is 11.3 Å². The molecule has 0 atom stereocenters. The number of benzene rings is 1. The van der Waals surface area contributed by atoms with E-state index in [1.54, 1.807) is 6.07 Å². The van der Waals surface area contributed by atoms with Crippen LogP contribution < -0.4 is 4.74 Å². The first-order chi connectivity index (χ1) is 17.1. The number of halogens is 2. The lowest BCUT2D eigenvalue weighted by Crippen LogP contribution is -2.15. The normalized spacial score (nSPS) is 18.1. The van der Waals surface area contributed by atoms with Gasteiger partial charge in [-0.15, -0.1) is 0 Å². The first kappa shape index (κ1) is 27.5. The lowest BCUT2D eigenvalue weighted by Gasteiger charge is -2.28. The first-order valence-electron chi connectivity index (χ1n) is 14.1. The highest BCUT2D eigenvalue weighted by Crippen LogP contribution is 2.34. The van der Waals surface area contributed by atoms with Crippen molar-refractivity contribution in [3.8, 4) is 17.0 Å². The molecule has 0 N–H and O–H groups in total. The van der Waals surface area contributed by atoms with Crippen molar-refractivity contribution in [2.24, 2.45) is 11.8 Å². The molecule has 1 aromatic heterocycles. The van der Waals surface area contributed by atoms with Crippen LogP contribution in [-0.2, 0) is 6.42 Å². The number of nitrogens with zero attached hydrogens (tertiary/aromatic N) is 2. The van der Waals surface area contributed by atoms with Gasteiger partial charge in [0.25, 0.3) is 0 Å². The zero-order valence-corrected chi connectivity index (χ0v) is 21.8. The zero-order chi connectivity index (χ0) is 24.9. The molecule has 1 aromatic carbocycles. The van der Waals surface area contributed by atoms with Gasteiger partial charge in [0.2, 0.25) is 5.82 Å². The molecular weight excluding hydrogens is 442 g/mol. The molecule has 0 aliphatic heterocycles. The van der Waals surface area contributed by atoms with E-state index in [4.69, 9.17) is 4.74 Å². The van der Waals surface area contributed by atoms with Gasteiger partial charge in [-0.1, -0.05) is 90.9 Å². The molecular formula is C30H44F2N2O. The summed E-state index contributed by atoms with van der Waals surface area (Å²) in [5.74, 6) is -0.225. The summed E-state index contributed by atoms with van der Waals surface area (Å²) in [5, 5.41) is 8.52. The summed E-state index contributed by atoms with van der Waals surface area (Å²) < 4.78 is 34.7. The molecule has 194 valence electrons. The van der Waals surface area contributed by atoms with Gasteiger partial charge in [0.15, 0.2) is 11.6 Å². The van der Waals surface area contributed by atoms with Crippen LogP contribution >= 0.6 is 0 Å². The molecule has 1 heterocycles. The third kappa shape index (κ3) is 8.84. The highest BCUT2D eigenvalue weighted by atomic mass is 19.2. The summed E-state index contributed by atoms with van der Waals surface area (Å²) >= 11 is 0. The third-order valence-corrected chi connectivity index (χ3v) is 7.54. The average Bonchev–Trinajstić information content (AvgIpc) is 2.89. The van der Waals surface area contributed by atoms with E-state index in [1.807, 2.05) is 6.07 Å². The SMILES string of the molecule is CCCCCCOc1ccc(-c2ccc(CCC3CCC(CCCCCC)CC3)nn2)c(F)c1F. The van der Waals surface area contributed by atoms with E-state index < -0.39 is 11.6 Å². The molecule has 5 heteroatoms. The maximum absolute atomic E-state index is 14.7. The number of rotatable bonds is 15. The summed E-state index contributed by atoms with van der Waals surface area (Å²) in [4.78, 5) is 0. The van der Waals surface area contributed by atoms with Crippen LogP contribution in [0.3, 0.4) is 0 Å². The van der Waals surface area contributed by atoms with Crippen LogP contribution in [0.25, 0.3) is 11.3 Å². The molecule has 1 aliphatic carbocycles. The number of unbranched alkanes of at least 4 members (excludes halogenated alkanes) is 6. The lowest BCUT2D eigenvalue weighted by atomic mass is 9.78. The van der Waals surface area contributed by atoms with E-state index in [2.05, 4.69) is 24.0 Å². The second kappa shape index (κ2) is 15.2. The molecule has 0 amide bonds. The topological polar surface area (TPSA) is 35.0 Å². The Kier molecular flexibility index (Phi) is 11.9. The van der Waals surface area contributed by atoms with E-state index in [9.17, 15) is 8.78 Å². The van der Waals surface area contributed by atoms with Crippen LogP contribution in [-0.4, -0.2) is 16.8 Å². The predicted octanol–water partition coefficient (Wildman–Crippen LogP) is 9.09. The largest absolute Gasteiger partial charge is 0.490 e. The third-order valence-electron chi connectivity index (χ3n) is 7.54. The van der Waals surface area contributed by atoms with Crippen LogP contribution in [0.5, 0.6) is 5.75 Å². The molecule has 0 saturated heterocycles. The Morgan fingerprint density at radius 2 is 1.43 bits per heavy atom. The van der Waals surface area contributed by atoms with Gasteiger partial charge in [-0.25, -0.2) is 4.39 Å². The monoisotopic (exact) mass is 486 g/mol. The quantitative estimate of drug-likeness (QED) is 0.235. The molecule has 35 heavy (non-hydrogen) atoms. The molecule has 3 nitrogen and oxygen atoms in total. The molecule has 0 bridgehead atoms. The Hall–Kier alpha value is -2.04. The summed E-state index contributed by atoms with van der Waals surface area (Å²) in [6, 6.07) is 6.67. The van der Waals surface area contributed by atoms with Crippen molar-refractivity contribution in [2.45, 2.75) is 110 Å². The number of aryl methyl sites for hydroxylation is 1. The molecule has 0 radical (unpaired) electrons. The Morgan fingerprint density at radius 3 is 2.09 bits per heavy atom. The standard InChI is InChI=1S/C30H44F2N2O/c1-3-5-7-9-11-23-12-14-24(15-13-23)16-17-25-18-20-27(34-33-25)26-19-21-28(30(32)29(26)31)35-22-10-8-6-4-2/h18-21,23-24H,3-17,22H2,1-2H3. The van der Waals surface area contributed by atoms with Gasteiger partial charge in [-0.3, -0.25) is 0 Å². The fourth-order valence-corrected chi connectivity index (χ4v) is 5.21. The summed E-state index contributed by atoms with van der Waals surface area (Å²) in [7, 11) is 0. The number of hydrogen-bond donors (Lipinski definition) is 0. The van der Waals surface area contributed by atoms with Crippen molar-refractivity contribution >= 4 is 0 Å². The van der Waals surface area contributed by atoms with Crippen molar-refractivity contribution < 1.29 is 13.5 Å². The molecule has 2 aromatic rings. The Morgan fingerprint density at radius 1 is 0.743 bits per heavy atom. The fourth-order valence-electron chi connectivity index (χ4n) is 5.21. The minimum Gasteiger partial charge on any atom is -0.490 e. The van der Waals surface area contributed by atoms with Crippen LogP contribution in [0.15, 0.2) is 24.3 Å². The second-order valence-electron chi connectivity index (χ2n) is 10.3. The van der Waals surface area contributed by atoms with Crippen molar-refractivity contribution in [2.75, 3.05) is 6.61 Å². The maximum atomic E-state index is 14.7. The van der Waals surface area contributed by atoms with Crippen molar-refractivity contribution in [1.29, 1.82) is 0 Å². The van der Waals surface area contributed by atoms with Gasteiger partial charge in [-0.2, -0.15) is 14.6 Å². The van der Waals surface area contributed by atoms with E-state index in [0.717, 1.165) is 56.1 Å². The molecule has 0 unspecified atom stereocenters. The van der Waals surface area contributed by atoms with Crippen LogP contribution in [0.4, 0.5) is 8.78 Å². The highest BCUT2D eigenvalue weighted by molar-refractivity contribution is 5.61. The van der Waals surface area contributed by atoms with Crippen molar-refractivity contribution in [3.63, 3.8) is 0 Å². The smallest absolute Gasteiger partial charge is 0.201 e. The van der Waals surface area contributed by atoms with Crippen LogP contribution in [0.2, 0.25) is 0 Å². The van der Waals surface area contributed by atoms with Crippen LogP contribution in [0, 0.1) is 23.5 Å². The summed E-state index contributed by atoms with van der Waals surface area (Å²) in [6.45, 7) is 4.79. The zero-order valence-electron chi connectivity index (χ0n) is 21.8. The highest BCUT2D eigenvalue weighted by Gasteiger charge is 2.21. The Labute approximate surface area is 211 Å². The van der Waals surface area contributed by atoms with Gasteiger partial charge in [0.1, 0.15) is 0 Å². The second-order valence-corrected chi connectivity index (χ2v) is 10.3. The van der Waals surface area contributed by atoms with E-state index >= 15 is 0 Å². The predicted molar refractivity (Wildman–Crippen MR) is 140 cm³/mol. The van der Waals surface area contributed by atoms with Crippen molar-refractivity contribution in [3.05, 3.63) is 41.6 Å². The summed E-state index contributed by atoms with van der Waals surface area (Å²) in [6.07, 6.45) is 18.4. The van der Waals surface area contributed by atoms with Gasteiger partial charge in [-0.05, 0) is 55.4 Å². The number of ether oxygens (including phenoxy) is 1. The molecule has 3 rings (SSSR count). The molecule has 1 saturated carbocycles. The van der Waals surface area contributed by atoms with Gasteiger partial charge in [0, 0.05) is 5.56 Å². The molecule has 0 spiro atoms. The first-order valence-corrected chi connectivity index (χ1v) is 14.1. The fraction of sp³-hybridized carbons (Fsp3) is 0.667. The van der Waals surface area contributed by atoms with Crippen molar-refractivity contribution in [1.82, 2.24) is 10.2 Å². The number of hydrogen-bond acceptors (Lipinski definition) is 3. The summed E-state index contributed by atoms with van der Waals surface area (Å²) in [5.41, 5.74) is 1.39. The van der Waals surface area contributed by atoms with E-state index in [0.29, 0.717) is 12.3 Å².